The van der Waals surface area contributed by atoms with Crippen molar-refractivity contribution in [1.29, 1.82) is 0 Å². The molecule has 0 aromatic rings. The number of ether oxygens (including phenoxy) is 4. The summed E-state index contributed by atoms with van der Waals surface area (Å²) in [6.07, 6.45) is 2.85. The van der Waals surface area contributed by atoms with Crippen molar-refractivity contribution in [2.75, 3.05) is 40.1 Å². The lowest BCUT2D eigenvalue weighted by Crippen LogP contribution is -2.32. The summed E-state index contributed by atoms with van der Waals surface area (Å²) in [4.78, 5) is 0. The van der Waals surface area contributed by atoms with Crippen molar-refractivity contribution in [1.82, 2.24) is 0 Å². The molecule has 0 amide bonds. The minimum Gasteiger partial charge on any atom is -0.382 e. The van der Waals surface area contributed by atoms with E-state index < -0.39 is 0 Å². The van der Waals surface area contributed by atoms with Crippen LogP contribution >= 0.6 is 0 Å². The van der Waals surface area contributed by atoms with Crippen molar-refractivity contribution < 1.29 is 18.9 Å². The molecule has 0 saturated heterocycles. The molecule has 0 bridgehead atoms. The quantitative estimate of drug-likeness (QED) is 0.487. The van der Waals surface area contributed by atoms with E-state index in [9.17, 15) is 0 Å². The fourth-order valence-electron chi connectivity index (χ4n) is 1.68. The van der Waals surface area contributed by atoms with Gasteiger partial charge in [-0.15, -0.1) is 0 Å². The van der Waals surface area contributed by atoms with Crippen LogP contribution in [0.2, 0.25) is 0 Å². The van der Waals surface area contributed by atoms with Gasteiger partial charge >= 0.3 is 0 Å². The van der Waals surface area contributed by atoms with Gasteiger partial charge in [0.2, 0.25) is 0 Å². The molecule has 4 heteroatoms. The summed E-state index contributed by atoms with van der Waals surface area (Å²) in [5.41, 5.74) is -0.316. The minimum absolute atomic E-state index is 0.143. The molecule has 0 aliphatic heterocycles. The van der Waals surface area contributed by atoms with Crippen LogP contribution in [0.3, 0.4) is 0 Å². The highest BCUT2D eigenvalue weighted by atomic mass is 16.5. The first-order valence-electron chi connectivity index (χ1n) is 7.67. The minimum atomic E-state index is -0.173. The second-order valence-electron chi connectivity index (χ2n) is 6.32. The molecule has 0 fully saturated rings. The fraction of sp³-hybridized carbons (Fsp3) is 1.00. The van der Waals surface area contributed by atoms with E-state index in [1.807, 2.05) is 0 Å². The molecule has 0 rings (SSSR count). The fourth-order valence-corrected chi connectivity index (χ4v) is 1.68. The summed E-state index contributed by atoms with van der Waals surface area (Å²) in [7, 11) is 1.68. The van der Waals surface area contributed by atoms with Crippen molar-refractivity contribution in [3.05, 3.63) is 0 Å². The average Bonchev–Trinajstić information content (AvgIpc) is 2.34. The smallest absolute Gasteiger partial charge is 0.0707 e. The predicted octanol–water partition coefficient (Wildman–Crippen LogP) is 3.43. The summed E-state index contributed by atoms with van der Waals surface area (Å²) in [5, 5.41) is 0. The lowest BCUT2D eigenvalue weighted by molar-refractivity contribution is -0.0868. The van der Waals surface area contributed by atoms with Crippen LogP contribution in [0.25, 0.3) is 0 Å². The third-order valence-corrected chi connectivity index (χ3v) is 3.17. The maximum Gasteiger partial charge on any atom is 0.0707 e. The zero-order valence-corrected chi connectivity index (χ0v) is 14.3. The molecule has 0 radical (unpaired) electrons. The lowest BCUT2D eigenvalue weighted by atomic mass is 10.0. The van der Waals surface area contributed by atoms with Gasteiger partial charge in [0.05, 0.1) is 31.0 Å². The molecule has 0 aromatic heterocycles. The van der Waals surface area contributed by atoms with Crippen LogP contribution in [0.1, 0.15) is 53.9 Å². The zero-order valence-electron chi connectivity index (χ0n) is 14.3. The van der Waals surface area contributed by atoms with E-state index in [2.05, 4.69) is 34.6 Å². The Hall–Kier alpha value is -0.160. The maximum absolute atomic E-state index is 5.96. The van der Waals surface area contributed by atoms with Gasteiger partial charge in [0.15, 0.2) is 0 Å². The zero-order chi connectivity index (χ0) is 15.5. The Kier molecular flexibility index (Phi) is 10.5. The molecule has 0 aliphatic carbocycles. The molecule has 0 N–H and O–H groups in total. The second-order valence-corrected chi connectivity index (χ2v) is 6.32. The number of methoxy groups -OCH3 is 1. The van der Waals surface area contributed by atoms with Crippen LogP contribution in [-0.2, 0) is 18.9 Å². The van der Waals surface area contributed by atoms with Crippen molar-refractivity contribution >= 4 is 0 Å². The number of hydrogen-bond acceptors (Lipinski definition) is 4. The molecular weight excluding hydrogens is 256 g/mol. The van der Waals surface area contributed by atoms with Crippen LogP contribution in [0.5, 0.6) is 0 Å². The van der Waals surface area contributed by atoms with Crippen LogP contribution < -0.4 is 0 Å². The summed E-state index contributed by atoms with van der Waals surface area (Å²) in [6.45, 7) is 14.1. The van der Waals surface area contributed by atoms with E-state index >= 15 is 0 Å². The summed E-state index contributed by atoms with van der Waals surface area (Å²) in [6, 6.07) is 0. The summed E-state index contributed by atoms with van der Waals surface area (Å²) < 4.78 is 22.2. The Labute approximate surface area is 125 Å². The molecule has 20 heavy (non-hydrogen) atoms. The third kappa shape index (κ3) is 11.6. The standard InChI is InChI=1S/C16H34O4/c1-7-10-18-11-8-15(2,3)19-12-9-16(4,5)20-14-13-17-6/h7-14H2,1-6H3. The molecular formula is C16H34O4. The number of rotatable bonds is 13. The molecule has 0 saturated carbocycles. The van der Waals surface area contributed by atoms with Gasteiger partial charge in [-0.25, -0.2) is 0 Å². The van der Waals surface area contributed by atoms with Gasteiger partial charge in [-0.1, -0.05) is 6.92 Å². The van der Waals surface area contributed by atoms with Crippen LogP contribution in [0, 0.1) is 0 Å². The van der Waals surface area contributed by atoms with Gasteiger partial charge in [-0.2, -0.15) is 0 Å². The first-order chi connectivity index (χ1) is 9.33. The summed E-state index contributed by atoms with van der Waals surface area (Å²) >= 11 is 0. The highest BCUT2D eigenvalue weighted by Gasteiger charge is 2.22. The van der Waals surface area contributed by atoms with Crippen LogP contribution in [0.15, 0.2) is 0 Å². The Morgan fingerprint density at radius 3 is 1.80 bits per heavy atom. The van der Waals surface area contributed by atoms with E-state index in [-0.39, 0.29) is 11.2 Å². The molecule has 0 unspecified atom stereocenters. The molecule has 0 aromatic carbocycles. The van der Waals surface area contributed by atoms with E-state index in [0.29, 0.717) is 19.8 Å². The first-order valence-corrected chi connectivity index (χ1v) is 7.67. The highest BCUT2D eigenvalue weighted by Crippen LogP contribution is 2.19. The van der Waals surface area contributed by atoms with Crippen molar-refractivity contribution in [2.24, 2.45) is 0 Å². The summed E-state index contributed by atoms with van der Waals surface area (Å²) in [5.74, 6) is 0. The van der Waals surface area contributed by atoms with Crippen molar-refractivity contribution in [3.8, 4) is 0 Å². The van der Waals surface area contributed by atoms with E-state index in [1.165, 1.54) is 0 Å². The van der Waals surface area contributed by atoms with Gasteiger partial charge < -0.3 is 18.9 Å². The molecule has 122 valence electrons. The van der Waals surface area contributed by atoms with Gasteiger partial charge in [0.1, 0.15) is 0 Å². The molecule has 0 aliphatic rings. The lowest BCUT2D eigenvalue weighted by Gasteiger charge is -2.29. The predicted molar refractivity (Wildman–Crippen MR) is 82.3 cm³/mol. The largest absolute Gasteiger partial charge is 0.382 e. The van der Waals surface area contributed by atoms with Gasteiger partial charge in [0, 0.05) is 20.3 Å². The molecule has 4 nitrogen and oxygen atoms in total. The molecule has 0 atom stereocenters. The Morgan fingerprint density at radius 1 is 0.700 bits per heavy atom. The SMILES string of the molecule is CCCOCCC(C)(C)OCCC(C)(C)OCCOC. The topological polar surface area (TPSA) is 36.9 Å². The van der Waals surface area contributed by atoms with Crippen LogP contribution in [0.4, 0.5) is 0 Å². The number of hydrogen-bond donors (Lipinski definition) is 0. The van der Waals surface area contributed by atoms with Gasteiger partial charge in [-0.05, 0) is 47.0 Å². The Bertz CT molecular complexity index is 227. The average molecular weight is 290 g/mol. The van der Waals surface area contributed by atoms with Crippen molar-refractivity contribution in [3.63, 3.8) is 0 Å². The van der Waals surface area contributed by atoms with Gasteiger partial charge in [-0.3, -0.25) is 0 Å². The van der Waals surface area contributed by atoms with Crippen molar-refractivity contribution in [2.45, 2.75) is 65.1 Å². The Balaban J connectivity index is 3.78. The van der Waals surface area contributed by atoms with E-state index in [0.717, 1.165) is 32.5 Å². The second kappa shape index (κ2) is 10.6. The molecule has 0 spiro atoms. The van der Waals surface area contributed by atoms with Crippen LogP contribution in [-0.4, -0.2) is 51.3 Å². The van der Waals surface area contributed by atoms with E-state index in [4.69, 9.17) is 18.9 Å². The van der Waals surface area contributed by atoms with E-state index in [1.54, 1.807) is 7.11 Å². The maximum atomic E-state index is 5.96. The van der Waals surface area contributed by atoms with Gasteiger partial charge in [0.25, 0.3) is 0 Å². The Morgan fingerprint density at radius 2 is 1.25 bits per heavy atom. The first kappa shape index (κ1) is 19.8. The highest BCUT2D eigenvalue weighted by molar-refractivity contribution is 4.72. The third-order valence-electron chi connectivity index (χ3n) is 3.17. The molecule has 0 heterocycles. The normalized spacial score (nSPS) is 12.9. The monoisotopic (exact) mass is 290 g/mol.